The second kappa shape index (κ2) is 6.25. The maximum absolute atomic E-state index is 13.8. The largest absolute Gasteiger partial charge is 0.508 e. The van der Waals surface area contributed by atoms with Crippen molar-refractivity contribution in [3.8, 4) is 5.75 Å². The molecule has 0 saturated heterocycles. The number of phenolic OH excluding ortho intramolecular Hbond substituents is 1. The predicted octanol–water partition coefficient (Wildman–Crippen LogP) is 4.60. The summed E-state index contributed by atoms with van der Waals surface area (Å²) in [6.07, 6.45) is 0. The molecule has 2 atom stereocenters. The summed E-state index contributed by atoms with van der Waals surface area (Å²) < 4.78 is 13.8. The zero-order valence-corrected chi connectivity index (χ0v) is 12.2. The molecule has 0 bridgehead atoms. The molecule has 2 rings (SSSR count). The molecule has 106 valence electrons. The van der Waals surface area contributed by atoms with Crippen molar-refractivity contribution >= 4 is 11.6 Å². The molecule has 2 aromatic carbocycles. The fourth-order valence-corrected chi connectivity index (χ4v) is 2.31. The predicted molar refractivity (Wildman–Crippen MR) is 79.5 cm³/mol. The Hall–Kier alpha value is -1.58. The van der Waals surface area contributed by atoms with E-state index in [4.69, 9.17) is 11.6 Å². The van der Waals surface area contributed by atoms with Gasteiger partial charge in [0.2, 0.25) is 0 Å². The Kier molecular flexibility index (Phi) is 4.63. The van der Waals surface area contributed by atoms with Crippen molar-refractivity contribution in [1.82, 2.24) is 5.32 Å². The summed E-state index contributed by atoms with van der Waals surface area (Å²) in [6.45, 7) is 3.90. The van der Waals surface area contributed by atoms with Crippen molar-refractivity contribution in [2.75, 3.05) is 0 Å². The molecule has 0 saturated carbocycles. The Morgan fingerprint density at radius 1 is 1.05 bits per heavy atom. The Morgan fingerprint density at radius 3 is 2.30 bits per heavy atom. The van der Waals surface area contributed by atoms with Gasteiger partial charge in [-0.25, -0.2) is 4.39 Å². The topological polar surface area (TPSA) is 32.3 Å². The van der Waals surface area contributed by atoms with E-state index in [1.54, 1.807) is 6.07 Å². The van der Waals surface area contributed by atoms with Gasteiger partial charge >= 0.3 is 0 Å². The number of hydrogen-bond acceptors (Lipinski definition) is 2. The second-order valence-electron chi connectivity index (χ2n) is 4.87. The van der Waals surface area contributed by atoms with Crippen LogP contribution in [0.5, 0.6) is 5.75 Å². The molecular formula is C16H17ClFNO. The van der Waals surface area contributed by atoms with Crippen molar-refractivity contribution < 1.29 is 9.50 Å². The maximum Gasteiger partial charge on any atom is 0.131 e. The monoisotopic (exact) mass is 293 g/mol. The summed E-state index contributed by atoms with van der Waals surface area (Å²) in [4.78, 5) is 0. The van der Waals surface area contributed by atoms with E-state index in [1.807, 2.05) is 38.1 Å². The molecule has 0 aliphatic carbocycles. The van der Waals surface area contributed by atoms with Crippen molar-refractivity contribution in [1.29, 1.82) is 0 Å². The molecule has 2 N–H and O–H groups in total. The van der Waals surface area contributed by atoms with E-state index < -0.39 is 5.82 Å². The van der Waals surface area contributed by atoms with Crippen LogP contribution >= 0.6 is 11.6 Å². The number of halogens is 2. The van der Waals surface area contributed by atoms with Crippen LogP contribution in [0, 0.1) is 5.82 Å². The lowest BCUT2D eigenvalue weighted by Crippen LogP contribution is -2.23. The van der Waals surface area contributed by atoms with Crippen LogP contribution in [-0.4, -0.2) is 5.11 Å². The van der Waals surface area contributed by atoms with Crippen LogP contribution in [0.2, 0.25) is 5.02 Å². The molecule has 0 aliphatic heterocycles. The van der Waals surface area contributed by atoms with Gasteiger partial charge in [-0.2, -0.15) is 0 Å². The normalized spacial score (nSPS) is 14.0. The van der Waals surface area contributed by atoms with Crippen LogP contribution in [0.15, 0.2) is 42.5 Å². The lowest BCUT2D eigenvalue weighted by atomic mass is 10.0. The molecule has 1 unspecified atom stereocenters. The Morgan fingerprint density at radius 2 is 1.70 bits per heavy atom. The van der Waals surface area contributed by atoms with Gasteiger partial charge in [0.25, 0.3) is 0 Å². The van der Waals surface area contributed by atoms with Gasteiger partial charge in [0, 0.05) is 28.7 Å². The number of rotatable bonds is 4. The third-order valence-electron chi connectivity index (χ3n) is 3.32. The number of phenols is 1. The van der Waals surface area contributed by atoms with Crippen molar-refractivity contribution in [2.45, 2.75) is 25.9 Å². The Bertz CT molecular complexity index is 586. The summed E-state index contributed by atoms with van der Waals surface area (Å²) >= 11 is 5.86. The standard InChI is InChI=1S/C16H17ClFNO/c1-10(12-3-5-13(17)6-4-12)19-11(2)15-8-7-14(20)9-16(15)18/h3-11,19-20H,1-2H3/t10-,11?/m0/s1. The molecule has 2 aromatic rings. The van der Waals surface area contributed by atoms with E-state index in [9.17, 15) is 9.50 Å². The molecule has 20 heavy (non-hydrogen) atoms. The number of aromatic hydroxyl groups is 1. The average molecular weight is 294 g/mol. The van der Waals surface area contributed by atoms with E-state index in [2.05, 4.69) is 5.32 Å². The highest BCUT2D eigenvalue weighted by Gasteiger charge is 2.14. The quantitative estimate of drug-likeness (QED) is 0.863. The molecule has 0 aromatic heterocycles. The van der Waals surface area contributed by atoms with Crippen LogP contribution in [0.1, 0.15) is 37.1 Å². The first-order valence-electron chi connectivity index (χ1n) is 6.47. The Labute approximate surface area is 123 Å². The van der Waals surface area contributed by atoms with Crippen LogP contribution in [0.25, 0.3) is 0 Å². The van der Waals surface area contributed by atoms with Crippen LogP contribution in [0.3, 0.4) is 0 Å². The number of hydrogen-bond donors (Lipinski definition) is 2. The SMILES string of the molecule is CC(N[C@@H](C)c1ccc(Cl)cc1)c1ccc(O)cc1F. The van der Waals surface area contributed by atoms with Gasteiger partial charge in [-0.1, -0.05) is 29.8 Å². The lowest BCUT2D eigenvalue weighted by molar-refractivity contribution is 0.454. The molecule has 0 aliphatic rings. The van der Waals surface area contributed by atoms with E-state index in [0.29, 0.717) is 10.6 Å². The van der Waals surface area contributed by atoms with Crippen LogP contribution in [-0.2, 0) is 0 Å². The van der Waals surface area contributed by atoms with Gasteiger partial charge in [-0.3, -0.25) is 0 Å². The lowest BCUT2D eigenvalue weighted by Gasteiger charge is -2.21. The first-order valence-corrected chi connectivity index (χ1v) is 6.85. The van der Waals surface area contributed by atoms with Crippen LogP contribution < -0.4 is 5.32 Å². The summed E-state index contributed by atoms with van der Waals surface area (Å²) in [5.41, 5.74) is 1.61. The molecule has 4 heteroatoms. The smallest absolute Gasteiger partial charge is 0.131 e. The molecule has 0 spiro atoms. The Balaban J connectivity index is 2.10. The minimum absolute atomic E-state index is 0.0652. The third kappa shape index (κ3) is 3.50. The fourth-order valence-electron chi connectivity index (χ4n) is 2.18. The molecule has 0 fully saturated rings. The second-order valence-corrected chi connectivity index (χ2v) is 5.30. The summed E-state index contributed by atoms with van der Waals surface area (Å²) in [5.74, 6) is -0.475. The number of nitrogens with one attached hydrogen (secondary N) is 1. The summed E-state index contributed by atoms with van der Waals surface area (Å²) in [6, 6.07) is 11.7. The van der Waals surface area contributed by atoms with Gasteiger partial charge in [-0.05, 0) is 37.6 Å². The van der Waals surface area contributed by atoms with E-state index in [1.165, 1.54) is 6.07 Å². The van der Waals surface area contributed by atoms with Crippen LogP contribution in [0.4, 0.5) is 4.39 Å². The van der Waals surface area contributed by atoms with Gasteiger partial charge in [0.1, 0.15) is 11.6 Å². The average Bonchev–Trinajstić information content (AvgIpc) is 2.39. The first-order chi connectivity index (χ1) is 9.47. The molecule has 2 nitrogen and oxygen atoms in total. The van der Waals surface area contributed by atoms with Gasteiger partial charge in [0.05, 0.1) is 0 Å². The van der Waals surface area contributed by atoms with Gasteiger partial charge < -0.3 is 10.4 Å². The van der Waals surface area contributed by atoms with Crippen molar-refractivity contribution in [3.05, 3.63) is 64.4 Å². The molecule has 0 heterocycles. The molecule has 0 radical (unpaired) electrons. The minimum Gasteiger partial charge on any atom is -0.508 e. The summed E-state index contributed by atoms with van der Waals surface area (Å²) in [5, 5.41) is 13.3. The molecular weight excluding hydrogens is 277 g/mol. The summed E-state index contributed by atoms with van der Waals surface area (Å²) in [7, 11) is 0. The minimum atomic E-state index is -0.409. The van der Waals surface area contributed by atoms with E-state index in [-0.39, 0.29) is 17.8 Å². The highest BCUT2D eigenvalue weighted by atomic mass is 35.5. The number of benzene rings is 2. The zero-order chi connectivity index (χ0) is 14.7. The highest BCUT2D eigenvalue weighted by Crippen LogP contribution is 2.24. The van der Waals surface area contributed by atoms with Crippen molar-refractivity contribution in [3.63, 3.8) is 0 Å². The maximum atomic E-state index is 13.8. The first kappa shape index (κ1) is 14.8. The van der Waals surface area contributed by atoms with Gasteiger partial charge in [0.15, 0.2) is 0 Å². The fraction of sp³-hybridized carbons (Fsp3) is 0.250. The zero-order valence-electron chi connectivity index (χ0n) is 11.4. The van der Waals surface area contributed by atoms with Crippen molar-refractivity contribution in [2.24, 2.45) is 0 Å². The highest BCUT2D eigenvalue weighted by molar-refractivity contribution is 6.30. The molecule has 0 amide bonds. The van der Waals surface area contributed by atoms with E-state index in [0.717, 1.165) is 11.6 Å². The van der Waals surface area contributed by atoms with E-state index >= 15 is 0 Å². The van der Waals surface area contributed by atoms with Gasteiger partial charge in [-0.15, -0.1) is 0 Å². The third-order valence-corrected chi connectivity index (χ3v) is 3.57.